The molecule has 1 aliphatic rings. The predicted molar refractivity (Wildman–Crippen MR) is 88.3 cm³/mol. The molecule has 1 fully saturated rings. The van der Waals surface area contributed by atoms with Crippen LogP contribution in [0.15, 0.2) is 60.7 Å². The van der Waals surface area contributed by atoms with Gasteiger partial charge in [0.05, 0.1) is 0 Å². The fourth-order valence-corrected chi connectivity index (χ4v) is 2.90. The minimum absolute atomic E-state index is 0.0672. The minimum Gasteiger partial charge on any atom is -0.453 e. The molecule has 0 aliphatic carbocycles. The summed E-state index contributed by atoms with van der Waals surface area (Å²) >= 11 is 0. The van der Waals surface area contributed by atoms with E-state index >= 15 is 0 Å². The first-order chi connectivity index (χ1) is 11.6. The fraction of sp³-hybridized carbons (Fsp3) is 0.250. The lowest BCUT2D eigenvalue weighted by molar-refractivity contribution is -0.146. The third-order valence-electron chi connectivity index (χ3n) is 4.18. The average Bonchev–Trinajstić information content (AvgIpc) is 2.88. The highest BCUT2D eigenvalue weighted by Crippen LogP contribution is 2.23. The quantitative estimate of drug-likeness (QED) is 0.606. The Balaban J connectivity index is 1.62. The third kappa shape index (κ3) is 3.59. The number of hydrogen-bond acceptors (Lipinski definition) is 4. The van der Waals surface area contributed by atoms with Crippen LogP contribution >= 0.6 is 0 Å². The van der Waals surface area contributed by atoms with Gasteiger partial charge in [-0.1, -0.05) is 60.7 Å². The molecule has 2 atom stereocenters. The van der Waals surface area contributed by atoms with Gasteiger partial charge in [0.25, 0.3) is 0 Å². The molecule has 1 heterocycles. The summed E-state index contributed by atoms with van der Waals surface area (Å²) in [6.45, 7) is 0. The van der Waals surface area contributed by atoms with Crippen LogP contribution in [0.2, 0.25) is 0 Å². The zero-order valence-electron chi connectivity index (χ0n) is 13.2. The number of carbonyl (C=O) groups is 3. The number of ketones is 2. The highest BCUT2D eigenvalue weighted by molar-refractivity contribution is 6.22. The second kappa shape index (κ2) is 7.21. The molecule has 1 aliphatic heterocycles. The van der Waals surface area contributed by atoms with Gasteiger partial charge < -0.3 is 4.74 Å². The number of cyclic esters (lactones) is 1. The van der Waals surface area contributed by atoms with Gasteiger partial charge in [-0.3, -0.25) is 14.4 Å². The normalized spacial score (nSPS) is 20.0. The van der Waals surface area contributed by atoms with Gasteiger partial charge in [-0.2, -0.15) is 0 Å². The van der Waals surface area contributed by atoms with E-state index in [-0.39, 0.29) is 6.42 Å². The van der Waals surface area contributed by atoms with E-state index in [9.17, 15) is 14.4 Å². The molecule has 1 saturated heterocycles. The average molecular weight is 322 g/mol. The molecule has 2 unspecified atom stereocenters. The molecule has 0 bridgehead atoms. The summed E-state index contributed by atoms with van der Waals surface area (Å²) in [5.74, 6) is -2.78. The van der Waals surface area contributed by atoms with E-state index in [4.69, 9.17) is 4.74 Å². The molecule has 3 rings (SSSR count). The van der Waals surface area contributed by atoms with Gasteiger partial charge in [0, 0.05) is 6.42 Å². The molecule has 24 heavy (non-hydrogen) atoms. The molecule has 122 valence electrons. The highest BCUT2D eigenvalue weighted by Gasteiger charge is 2.46. The number of benzene rings is 2. The van der Waals surface area contributed by atoms with Crippen LogP contribution in [0.5, 0.6) is 0 Å². The zero-order valence-corrected chi connectivity index (χ0v) is 13.2. The van der Waals surface area contributed by atoms with Crippen LogP contribution in [0.4, 0.5) is 0 Å². The Morgan fingerprint density at radius 2 is 1.46 bits per heavy atom. The summed E-state index contributed by atoms with van der Waals surface area (Å²) in [6, 6.07) is 18.8. The Kier molecular flexibility index (Phi) is 4.85. The molecular formula is C20H18O4. The van der Waals surface area contributed by atoms with Crippen LogP contribution in [0.1, 0.15) is 17.5 Å². The van der Waals surface area contributed by atoms with E-state index in [1.807, 2.05) is 48.5 Å². The Bertz CT molecular complexity index is 737. The van der Waals surface area contributed by atoms with Crippen molar-refractivity contribution in [3.8, 4) is 0 Å². The second-order valence-corrected chi connectivity index (χ2v) is 5.91. The number of esters is 1. The molecule has 2 aromatic carbocycles. The largest absolute Gasteiger partial charge is 0.453 e. The standard InChI is InChI=1S/C20H18O4/c21-16(13-15-9-5-2-6-10-15)18-19(22)17(24-20(18)23)12-11-14-7-3-1-4-8-14/h1-10,17-18H,11-13H2. The van der Waals surface area contributed by atoms with Crippen molar-refractivity contribution < 1.29 is 19.1 Å². The van der Waals surface area contributed by atoms with Crippen LogP contribution in [0.25, 0.3) is 0 Å². The lowest BCUT2D eigenvalue weighted by Gasteiger charge is -2.07. The molecule has 0 radical (unpaired) electrons. The monoisotopic (exact) mass is 322 g/mol. The number of Topliss-reactive ketones (excluding diaryl/α,β-unsaturated/α-hetero) is 2. The summed E-state index contributed by atoms with van der Waals surface area (Å²) in [5.41, 5.74) is 1.86. The maximum atomic E-state index is 12.4. The number of ether oxygens (including phenoxy) is 1. The van der Waals surface area contributed by atoms with Crippen molar-refractivity contribution in [3.05, 3.63) is 71.8 Å². The topological polar surface area (TPSA) is 60.4 Å². The second-order valence-electron chi connectivity index (χ2n) is 5.91. The zero-order chi connectivity index (χ0) is 16.9. The summed E-state index contributed by atoms with van der Waals surface area (Å²) in [5, 5.41) is 0. The van der Waals surface area contributed by atoms with E-state index < -0.39 is 29.6 Å². The maximum absolute atomic E-state index is 12.4. The molecule has 0 spiro atoms. The van der Waals surface area contributed by atoms with Gasteiger partial charge in [-0.15, -0.1) is 0 Å². The fourth-order valence-electron chi connectivity index (χ4n) is 2.90. The lowest BCUT2D eigenvalue weighted by Crippen LogP contribution is -2.29. The molecule has 4 nitrogen and oxygen atoms in total. The molecule has 0 N–H and O–H groups in total. The van der Waals surface area contributed by atoms with Crippen LogP contribution in [0.3, 0.4) is 0 Å². The third-order valence-corrected chi connectivity index (χ3v) is 4.18. The molecule has 0 amide bonds. The van der Waals surface area contributed by atoms with E-state index in [0.717, 1.165) is 11.1 Å². The first-order valence-corrected chi connectivity index (χ1v) is 8.00. The Hall–Kier alpha value is -2.75. The molecular weight excluding hydrogens is 304 g/mol. The van der Waals surface area contributed by atoms with E-state index in [1.165, 1.54) is 0 Å². The van der Waals surface area contributed by atoms with Crippen LogP contribution in [-0.4, -0.2) is 23.6 Å². The van der Waals surface area contributed by atoms with Crippen LogP contribution < -0.4 is 0 Å². The summed E-state index contributed by atoms with van der Waals surface area (Å²) in [6.07, 6.45) is 0.286. The van der Waals surface area contributed by atoms with Gasteiger partial charge in [-0.05, 0) is 24.0 Å². The highest BCUT2D eigenvalue weighted by atomic mass is 16.6. The summed E-state index contributed by atoms with van der Waals surface area (Å²) < 4.78 is 5.16. The Morgan fingerprint density at radius 1 is 0.875 bits per heavy atom. The lowest BCUT2D eigenvalue weighted by atomic mass is 9.92. The van der Waals surface area contributed by atoms with Crippen LogP contribution in [0, 0.1) is 5.92 Å². The van der Waals surface area contributed by atoms with E-state index in [0.29, 0.717) is 12.8 Å². The Labute approximate surface area is 140 Å². The van der Waals surface area contributed by atoms with E-state index in [2.05, 4.69) is 0 Å². The van der Waals surface area contributed by atoms with Gasteiger partial charge in [0.15, 0.2) is 23.6 Å². The number of rotatable bonds is 6. The van der Waals surface area contributed by atoms with Crippen molar-refractivity contribution in [2.24, 2.45) is 5.92 Å². The first-order valence-electron chi connectivity index (χ1n) is 8.00. The van der Waals surface area contributed by atoms with Crippen molar-refractivity contribution in [1.82, 2.24) is 0 Å². The first kappa shape index (κ1) is 16.1. The predicted octanol–water partition coefficient (Wildman–Crippen LogP) is 2.54. The number of carbonyl (C=O) groups excluding carboxylic acids is 3. The van der Waals surface area contributed by atoms with Gasteiger partial charge in [0.2, 0.25) is 0 Å². The smallest absolute Gasteiger partial charge is 0.325 e. The SMILES string of the molecule is O=C(Cc1ccccc1)C1C(=O)OC(CCc2ccccc2)C1=O. The van der Waals surface area contributed by atoms with Crippen LogP contribution in [-0.2, 0) is 32.0 Å². The van der Waals surface area contributed by atoms with Crippen molar-refractivity contribution in [3.63, 3.8) is 0 Å². The van der Waals surface area contributed by atoms with E-state index in [1.54, 1.807) is 12.1 Å². The molecule has 4 heteroatoms. The Morgan fingerprint density at radius 3 is 2.08 bits per heavy atom. The molecule has 2 aromatic rings. The van der Waals surface area contributed by atoms with Gasteiger partial charge in [-0.25, -0.2) is 0 Å². The van der Waals surface area contributed by atoms with Gasteiger partial charge in [0.1, 0.15) is 0 Å². The molecule has 0 saturated carbocycles. The van der Waals surface area contributed by atoms with Gasteiger partial charge >= 0.3 is 5.97 Å². The van der Waals surface area contributed by atoms with Crippen molar-refractivity contribution in [2.75, 3.05) is 0 Å². The van der Waals surface area contributed by atoms with Crippen molar-refractivity contribution in [1.29, 1.82) is 0 Å². The number of hydrogen-bond donors (Lipinski definition) is 0. The maximum Gasteiger partial charge on any atom is 0.325 e. The molecule has 0 aromatic heterocycles. The summed E-state index contributed by atoms with van der Waals surface area (Å²) in [7, 11) is 0. The minimum atomic E-state index is -1.27. The summed E-state index contributed by atoms with van der Waals surface area (Å²) in [4.78, 5) is 36.7. The van der Waals surface area contributed by atoms with Crippen molar-refractivity contribution in [2.45, 2.75) is 25.4 Å². The number of aryl methyl sites for hydroxylation is 1. The van der Waals surface area contributed by atoms with Crippen molar-refractivity contribution >= 4 is 17.5 Å².